The third kappa shape index (κ3) is 8.02. The van der Waals surface area contributed by atoms with Gasteiger partial charge in [0.05, 0.1) is 6.61 Å². The van der Waals surface area contributed by atoms with E-state index in [2.05, 4.69) is 43.4 Å². The van der Waals surface area contributed by atoms with Crippen LogP contribution in [-0.4, -0.2) is 13.2 Å². The van der Waals surface area contributed by atoms with Gasteiger partial charge in [-0.05, 0) is 24.1 Å². The molecule has 2 nitrogen and oxygen atoms in total. The number of nitrogens with one attached hydrogen (secondary N) is 1. The molecule has 0 aromatic heterocycles. The maximum absolute atomic E-state index is 5.71. The Labute approximate surface area is 118 Å². The summed E-state index contributed by atoms with van der Waals surface area (Å²) in [6, 6.07) is 8.71. The quantitative estimate of drug-likeness (QED) is 0.602. The maximum atomic E-state index is 5.71. The molecule has 1 rings (SSSR count). The number of hydrogen-bond donors (Lipinski definition) is 1. The van der Waals surface area contributed by atoms with Gasteiger partial charge in [-0.15, -0.1) is 0 Å². The van der Waals surface area contributed by atoms with Crippen LogP contribution in [0.25, 0.3) is 0 Å². The lowest BCUT2D eigenvalue weighted by molar-refractivity contribution is 0.116. The molecule has 1 N–H and O–H groups in total. The van der Waals surface area contributed by atoms with E-state index in [1.54, 1.807) is 0 Å². The minimum Gasteiger partial charge on any atom is -0.377 e. The highest BCUT2D eigenvalue weighted by atomic mass is 16.5. The van der Waals surface area contributed by atoms with Crippen molar-refractivity contribution >= 4 is 0 Å². The summed E-state index contributed by atoms with van der Waals surface area (Å²) >= 11 is 0. The molecule has 1 aromatic carbocycles. The Balaban J connectivity index is 2.09. The second-order valence-corrected chi connectivity index (χ2v) is 5.06. The third-order valence-electron chi connectivity index (χ3n) is 3.26. The van der Waals surface area contributed by atoms with Crippen molar-refractivity contribution in [3.63, 3.8) is 0 Å². The van der Waals surface area contributed by atoms with E-state index in [1.807, 2.05) is 0 Å². The SMILES string of the molecule is CCCCCCCOCc1ccc(CNCC)cc1. The van der Waals surface area contributed by atoms with Gasteiger partial charge in [0.25, 0.3) is 0 Å². The van der Waals surface area contributed by atoms with Crippen LogP contribution >= 0.6 is 0 Å². The van der Waals surface area contributed by atoms with Crippen LogP contribution in [0.15, 0.2) is 24.3 Å². The molecule has 0 unspecified atom stereocenters. The molecule has 0 bridgehead atoms. The van der Waals surface area contributed by atoms with Gasteiger partial charge in [-0.2, -0.15) is 0 Å². The molecule has 108 valence electrons. The minimum atomic E-state index is 0.745. The second kappa shape index (κ2) is 11.0. The van der Waals surface area contributed by atoms with Crippen LogP contribution in [0.3, 0.4) is 0 Å². The maximum Gasteiger partial charge on any atom is 0.0716 e. The van der Waals surface area contributed by atoms with Crippen LogP contribution in [0.2, 0.25) is 0 Å². The standard InChI is InChI=1S/C17H29NO/c1-3-5-6-7-8-13-19-15-17-11-9-16(10-12-17)14-18-4-2/h9-12,18H,3-8,13-15H2,1-2H3. The minimum absolute atomic E-state index is 0.745. The van der Waals surface area contributed by atoms with Gasteiger partial charge in [-0.25, -0.2) is 0 Å². The topological polar surface area (TPSA) is 21.3 Å². The fourth-order valence-electron chi connectivity index (χ4n) is 2.02. The molecule has 0 spiro atoms. The van der Waals surface area contributed by atoms with Gasteiger partial charge in [0.1, 0.15) is 0 Å². The van der Waals surface area contributed by atoms with Crippen molar-refractivity contribution in [2.45, 2.75) is 59.1 Å². The van der Waals surface area contributed by atoms with Crippen molar-refractivity contribution in [3.05, 3.63) is 35.4 Å². The molecular weight excluding hydrogens is 234 g/mol. The summed E-state index contributed by atoms with van der Waals surface area (Å²) in [6.07, 6.45) is 6.50. The lowest BCUT2D eigenvalue weighted by Gasteiger charge is -2.06. The molecule has 0 radical (unpaired) electrons. The Morgan fingerprint density at radius 2 is 1.58 bits per heavy atom. The third-order valence-corrected chi connectivity index (χ3v) is 3.26. The number of ether oxygens (including phenoxy) is 1. The summed E-state index contributed by atoms with van der Waals surface area (Å²) in [5, 5.41) is 3.33. The van der Waals surface area contributed by atoms with E-state index >= 15 is 0 Å². The van der Waals surface area contributed by atoms with Crippen molar-refractivity contribution < 1.29 is 4.74 Å². The van der Waals surface area contributed by atoms with E-state index in [1.165, 1.54) is 43.2 Å². The smallest absolute Gasteiger partial charge is 0.0716 e. The van der Waals surface area contributed by atoms with Crippen LogP contribution in [0.4, 0.5) is 0 Å². The highest BCUT2D eigenvalue weighted by Crippen LogP contribution is 2.07. The summed E-state index contributed by atoms with van der Waals surface area (Å²) < 4.78 is 5.71. The van der Waals surface area contributed by atoms with Crippen molar-refractivity contribution in [3.8, 4) is 0 Å². The number of unbranched alkanes of at least 4 members (excludes halogenated alkanes) is 4. The Kier molecular flexibility index (Phi) is 9.38. The van der Waals surface area contributed by atoms with Gasteiger partial charge in [-0.3, -0.25) is 0 Å². The molecule has 0 amide bonds. The van der Waals surface area contributed by atoms with Crippen LogP contribution in [0, 0.1) is 0 Å². The van der Waals surface area contributed by atoms with E-state index in [4.69, 9.17) is 4.74 Å². The second-order valence-electron chi connectivity index (χ2n) is 5.06. The Bertz CT molecular complexity index is 308. The molecule has 19 heavy (non-hydrogen) atoms. The zero-order chi connectivity index (χ0) is 13.8. The normalized spacial score (nSPS) is 10.8. The van der Waals surface area contributed by atoms with Gasteiger partial charge in [0, 0.05) is 13.2 Å². The van der Waals surface area contributed by atoms with E-state index < -0.39 is 0 Å². The largest absolute Gasteiger partial charge is 0.377 e. The average molecular weight is 263 g/mol. The Morgan fingerprint density at radius 3 is 2.26 bits per heavy atom. The van der Waals surface area contributed by atoms with Crippen molar-refractivity contribution in [2.75, 3.05) is 13.2 Å². The molecule has 2 heteroatoms. The Morgan fingerprint density at radius 1 is 0.895 bits per heavy atom. The zero-order valence-corrected chi connectivity index (χ0v) is 12.6. The zero-order valence-electron chi connectivity index (χ0n) is 12.6. The monoisotopic (exact) mass is 263 g/mol. The van der Waals surface area contributed by atoms with Crippen LogP contribution < -0.4 is 5.32 Å². The van der Waals surface area contributed by atoms with Crippen LogP contribution in [-0.2, 0) is 17.9 Å². The molecule has 0 heterocycles. The lowest BCUT2D eigenvalue weighted by Crippen LogP contribution is -2.11. The molecule has 1 aromatic rings. The van der Waals surface area contributed by atoms with Gasteiger partial charge >= 0.3 is 0 Å². The molecular formula is C17H29NO. The van der Waals surface area contributed by atoms with Gasteiger partial charge in [-0.1, -0.05) is 63.8 Å². The first-order valence-electron chi connectivity index (χ1n) is 7.73. The summed E-state index contributed by atoms with van der Waals surface area (Å²) in [6.45, 7) is 7.98. The highest BCUT2D eigenvalue weighted by molar-refractivity contribution is 5.21. The molecule has 0 saturated carbocycles. The molecule has 0 aliphatic heterocycles. The first-order chi connectivity index (χ1) is 9.36. The van der Waals surface area contributed by atoms with E-state index in [0.29, 0.717) is 0 Å². The first kappa shape index (κ1) is 16.2. The molecule has 0 fully saturated rings. The number of rotatable bonds is 11. The molecule has 0 saturated heterocycles. The molecule has 0 aliphatic rings. The fourth-order valence-corrected chi connectivity index (χ4v) is 2.02. The summed E-state index contributed by atoms with van der Waals surface area (Å²) in [5.74, 6) is 0. The van der Waals surface area contributed by atoms with Gasteiger partial charge < -0.3 is 10.1 Å². The Hall–Kier alpha value is -0.860. The lowest BCUT2D eigenvalue weighted by atomic mass is 10.1. The average Bonchev–Trinajstić information content (AvgIpc) is 2.45. The van der Waals surface area contributed by atoms with Crippen molar-refractivity contribution in [1.82, 2.24) is 5.32 Å². The van der Waals surface area contributed by atoms with E-state index in [-0.39, 0.29) is 0 Å². The van der Waals surface area contributed by atoms with Crippen molar-refractivity contribution in [2.24, 2.45) is 0 Å². The van der Waals surface area contributed by atoms with Crippen LogP contribution in [0.5, 0.6) is 0 Å². The number of hydrogen-bond acceptors (Lipinski definition) is 2. The molecule has 0 aliphatic carbocycles. The summed E-state index contributed by atoms with van der Waals surface area (Å²) in [5.41, 5.74) is 2.61. The number of benzene rings is 1. The first-order valence-corrected chi connectivity index (χ1v) is 7.73. The predicted octanol–water partition coefficient (Wildman–Crippen LogP) is 4.28. The predicted molar refractivity (Wildman–Crippen MR) is 82.2 cm³/mol. The van der Waals surface area contributed by atoms with Gasteiger partial charge in [0.15, 0.2) is 0 Å². The van der Waals surface area contributed by atoms with Crippen molar-refractivity contribution in [1.29, 1.82) is 0 Å². The highest BCUT2D eigenvalue weighted by Gasteiger charge is 1.95. The van der Waals surface area contributed by atoms with Gasteiger partial charge in [0.2, 0.25) is 0 Å². The van der Waals surface area contributed by atoms with E-state index in [0.717, 1.165) is 26.3 Å². The summed E-state index contributed by atoms with van der Waals surface area (Å²) in [7, 11) is 0. The fraction of sp³-hybridized carbons (Fsp3) is 0.647. The van der Waals surface area contributed by atoms with E-state index in [9.17, 15) is 0 Å². The molecule has 0 atom stereocenters. The summed E-state index contributed by atoms with van der Waals surface area (Å²) in [4.78, 5) is 0. The van der Waals surface area contributed by atoms with Crippen LogP contribution in [0.1, 0.15) is 57.1 Å².